The van der Waals surface area contributed by atoms with Crippen LogP contribution in [0.2, 0.25) is 0 Å². The topological polar surface area (TPSA) is 12.0 Å². The van der Waals surface area contributed by atoms with Gasteiger partial charge in [-0.3, -0.25) is 0 Å². The monoisotopic (exact) mass is 321 g/mol. The highest BCUT2D eigenvalue weighted by Gasteiger charge is 2.07. The molecule has 0 spiro atoms. The normalized spacial score (nSPS) is 12.4. The molecule has 100 valence electrons. The van der Waals surface area contributed by atoms with E-state index in [2.05, 4.69) is 59.4 Å². The van der Waals surface area contributed by atoms with Gasteiger partial charge in [-0.1, -0.05) is 45.8 Å². The van der Waals surface area contributed by atoms with Crippen molar-refractivity contribution in [2.75, 3.05) is 0 Å². The lowest BCUT2D eigenvalue weighted by molar-refractivity contribution is 0.544. The molecule has 0 aliphatic rings. The molecule has 0 aliphatic carbocycles. The first-order valence-corrected chi connectivity index (χ1v) is 7.09. The van der Waals surface area contributed by atoms with Crippen LogP contribution in [0.3, 0.4) is 0 Å². The standard InChI is InChI=1S/C16H17BrFN/c1-11-3-5-13(6-4-11)12(2)19-10-14-9-15(17)7-8-16(14)18/h3-9,12,19H,10H2,1-2H3/t12-/m0/s1. The first-order valence-electron chi connectivity index (χ1n) is 6.30. The fourth-order valence-corrected chi connectivity index (χ4v) is 2.32. The van der Waals surface area contributed by atoms with Crippen molar-refractivity contribution in [1.29, 1.82) is 0 Å². The number of hydrogen-bond acceptors (Lipinski definition) is 1. The second kappa shape index (κ2) is 6.31. The molecule has 0 unspecified atom stereocenters. The summed E-state index contributed by atoms with van der Waals surface area (Å²) in [6.45, 7) is 4.67. The number of benzene rings is 2. The molecule has 0 fully saturated rings. The average Bonchev–Trinajstić information content (AvgIpc) is 2.40. The molecule has 19 heavy (non-hydrogen) atoms. The maximum Gasteiger partial charge on any atom is 0.127 e. The molecule has 1 nitrogen and oxygen atoms in total. The predicted molar refractivity (Wildman–Crippen MR) is 80.5 cm³/mol. The van der Waals surface area contributed by atoms with Gasteiger partial charge in [-0.05, 0) is 37.6 Å². The van der Waals surface area contributed by atoms with Gasteiger partial charge in [0.25, 0.3) is 0 Å². The van der Waals surface area contributed by atoms with E-state index in [4.69, 9.17) is 0 Å². The Morgan fingerprint density at radius 1 is 1.16 bits per heavy atom. The van der Waals surface area contributed by atoms with Gasteiger partial charge < -0.3 is 5.32 Å². The molecule has 0 saturated carbocycles. The van der Waals surface area contributed by atoms with Crippen molar-refractivity contribution in [3.8, 4) is 0 Å². The Balaban J connectivity index is 2.02. The maximum absolute atomic E-state index is 13.6. The quantitative estimate of drug-likeness (QED) is 0.857. The van der Waals surface area contributed by atoms with Gasteiger partial charge >= 0.3 is 0 Å². The molecule has 1 atom stereocenters. The molecule has 0 heterocycles. The third-order valence-electron chi connectivity index (χ3n) is 3.18. The molecular weight excluding hydrogens is 305 g/mol. The summed E-state index contributed by atoms with van der Waals surface area (Å²) in [6.07, 6.45) is 0. The minimum atomic E-state index is -0.174. The van der Waals surface area contributed by atoms with Gasteiger partial charge in [0, 0.05) is 22.6 Å². The van der Waals surface area contributed by atoms with Crippen molar-refractivity contribution in [3.05, 3.63) is 69.4 Å². The largest absolute Gasteiger partial charge is 0.306 e. The Kier molecular flexibility index (Phi) is 4.72. The van der Waals surface area contributed by atoms with Gasteiger partial charge in [-0.2, -0.15) is 0 Å². The molecular formula is C16H17BrFN. The first kappa shape index (κ1) is 14.2. The van der Waals surface area contributed by atoms with Gasteiger partial charge in [0.15, 0.2) is 0 Å². The Hall–Kier alpha value is -1.19. The zero-order valence-corrected chi connectivity index (χ0v) is 12.7. The summed E-state index contributed by atoms with van der Waals surface area (Å²) < 4.78 is 14.5. The number of nitrogens with one attached hydrogen (secondary N) is 1. The lowest BCUT2D eigenvalue weighted by Crippen LogP contribution is -2.18. The number of rotatable bonds is 4. The van der Waals surface area contributed by atoms with Crippen LogP contribution in [0.4, 0.5) is 4.39 Å². The number of hydrogen-bond donors (Lipinski definition) is 1. The lowest BCUT2D eigenvalue weighted by Gasteiger charge is -2.15. The Morgan fingerprint density at radius 2 is 1.84 bits per heavy atom. The van der Waals surface area contributed by atoms with Crippen molar-refractivity contribution in [1.82, 2.24) is 5.32 Å². The van der Waals surface area contributed by atoms with E-state index in [9.17, 15) is 4.39 Å². The van der Waals surface area contributed by atoms with Gasteiger partial charge in [0.2, 0.25) is 0 Å². The van der Waals surface area contributed by atoms with Crippen molar-refractivity contribution in [2.45, 2.75) is 26.4 Å². The smallest absolute Gasteiger partial charge is 0.127 e. The Labute approximate surface area is 122 Å². The molecule has 0 aliphatic heterocycles. The van der Waals surface area contributed by atoms with Gasteiger partial charge in [-0.15, -0.1) is 0 Å². The highest BCUT2D eigenvalue weighted by molar-refractivity contribution is 9.10. The van der Waals surface area contributed by atoms with Gasteiger partial charge in [0.1, 0.15) is 5.82 Å². The van der Waals surface area contributed by atoms with Crippen LogP contribution in [0.25, 0.3) is 0 Å². The third kappa shape index (κ3) is 3.88. The second-order valence-corrected chi connectivity index (χ2v) is 5.66. The SMILES string of the molecule is Cc1ccc([C@H](C)NCc2cc(Br)ccc2F)cc1. The second-order valence-electron chi connectivity index (χ2n) is 4.75. The summed E-state index contributed by atoms with van der Waals surface area (Å²) in [7, 11) is 0. The summed E-state index contributed by atoms with van der Waals surface area (Å²) in [5.74, 6) is -0.174. The van der Waals surface area contributed by atoms with E-state index in [-0.39, 0.29) is 11.9 Å². The number of aryl methyl sites for hydroxylation is 1. The van der Waals surface area contributed by atoms with Crippen LogP contribution in [0.15, 0.2) is 46.9 Å². The summed E-state index contributed by atoms with van der Waals surface area (Å²) in [5.41, 5.74) is 3.13. The number of halogens is 2. The molecule has 2 aromatic rings. The van der Waals surface area contributed by atoms with E-state index >= 15 is 0 Å². The van der Waals surface area contributed by atoms with E-state index in [1.54, 1.807) is 6.07 Å². The lowest BCUT2D eigenvalue weighted by atomic mass is 10.1. The molecule has 0 aromatic heterocycles. The highest BCUT2D eigenvalue weighted by Crippen LogP contribution is 2.18. The van der Waals surface area contributed by atoms with Crippen LogP contribution in [0.1, 0.15) is 29.7 Å². The van der Waals surface area contributed by atoms with Crippen LogP contribution in [-0.2, 0) is 6.54 Å². The molecule has 2 rings (SSSR count). The molecule has 0 radical (unpaired) electrons. The third-order valence-corrected chi connectivity index (χ3v) is 3.68. The van der Waals surface area contributed by atoms with Crippen molar-refractivity contribution < 1.29 is 4.39 Å². The van der Waals surface area contributed by atoms with E-state index in [0.29, 0.717) is 12.1 Å². The highest BCUT2D eigenvalue weighted by atomic mass is 79.9. The molecule has 1 N–H and O–H groups in total. The Morgan fingerprint density at radius 3 is 2.53 bits per heavy atom. The van der Waals surface area contributed by atoms with Crippen LogP contribution < -0.4 is 5.32 Å². The summed E-state index contributed by atoms with van der Waals surface area (Å²) in [4.78, 5) is 0. The molecule has 0 saturated heterocycles. The zero-order chi connectivity index (χ0) is 13.8. The predicted octanol–water partition coefficient (Wildman–Crippen LogP) is 4.75. The molecule has 0 amide bonds. The van der Waals surface area contributed by atoms with Crippen LogP contribution >= 0.6 is 15.9 Å². The van der Waals surface area contributed by atoms with E-state index < -0.39 is 0 Å². The van der Waals surface area contributed by atoms with Gasteiger partial charge in [0.05, 0.1) is 0 Å². The van der Waals surface area contributed by atoms with Crippen molar-refractivity contribution in [3.63, 3.8) is 0 Å². The zero-order valence-electron chi connectivity index (χ0n) is 11.1. The fourth-order valence-electron chi connectivity index (χ4n) is 1.91. The van der Waals surface area contributed by atoms with Crippen molar-refractivity contribution in [2.24, 2.45) is 0 Å². The van der Waals surface area contributed by atoms with Gasteiger partial charge in [-0.25, -0.2) is 4.39 Å². The molecule has 0 bridgehead atoms. The van der Waals surface area contributed by atoms with Crippen molar-refractivity contribution >= 4 is 15.9 Å². The fraction of sp³-hybridized carbons (Fsp3) is 0.250. The molecule has 2 aromatic carbocycles. The van der Waals surface area contributed by atoms with Crippen LogP contribution in [-0.4, -0.2) is 0 Å². The summed E-state index contributed by atoms with van der Waals surface area (Å²) >= 11 is 3.36. The van der Waals surface area contributed by atoms with E-state index in [1.807, 2.05) is 6.07 Å². The molecule has 3 heteroatoms. The maximum atomic E-state index is 13.6. The average molecular weight is 322 g/mol. The van der Waals surface area contributed by atoms with Crippen LogP contribution in [0.5, 0.6) is 0 Å². The first-order chi connectivity index (χ1) is 9.06. The summed E-state index contributed by atoms with van der Waals surface area (Å²) in [5, 5.41) is 3.34. The van der Waals surface area contributed by atoms with E-state index in [1.165, 1.54) is 17.2 Å². The minimum absolute atomic E-state index is 0.174. The summed E-state index contributed by atoms with van der Waals surface area (Å²) in [6, 6.07) is 13.6. The Bertz CT molecular complexity index is 551. The van der Waals surface area contributed by atoms with E-state index in [0.717, 1.165) is 4.47 Å². The van der Waals surface area contributed by atoms with Crippen LogP contribution in [0, 0.1) is 12.7 Å². The minimum Gasteiger partial charge on any atom is -0.306 e.